The van der Waals surface area contributed by atoms with Gasteiger partial charge in [-0.1, -0.05) is 19.1 Å². The third-order valence-electron chi connectivity index (χ3n) is 4.05. The molecule has 2 aromatic rings. The van der Waals surface area contributed by atoms with Crippen molar-refractivity contribution in [1.29, 1.82) is 0 Å². The molecule has 0 unspecified atom stereocenters. The maximum Gasteiger partial charge on any atom is 0.407 e. The minimum atomic E-state index is -0.950. The Morgan fingerprint density at radius 2 is 2.04 bits per heavy atom. The Morgan fingerprint density at radius 1 is 1.29 bits per heavy atom. The van der Waals surface area contributed by atoms with Gasteiger partial charge < -0.3 is 10.0 Å². The van der Waals surface area contributed by atoms with Crippen LogP contribution in [0, 0.1) is 0 Å². The molecule has 2 heterocycles. The second-order valence-corrected chi connectivity index (χ2v) is 5.62. The number of carbonyl (C=O) groups excluding carboxylic acids is 1. The van der Waals surface area contributed by atoms with E-state index in [0.29, 0.717) is 18.5 Å². The van der Waals surface area contributed by atoms with E-state index in [1.54, 1.807) is 18.3 Å². The highest BCUT2D eigenvalue weighted by Gasteiger charge is 2.22. The first-order valence-corrected chi connectivity index (χ1v) is 7.79. The smallest absolute Gasteiger partial charge is 0.407 e. The van der Waals surface area contributed by atoms with Crippen LogP contribution >= 0.6 is 0 Å². The molecule has 24 heavy (non-hydrogen) atoms. The summed E-state index contributed by atoms with van der Waals surface area (Å²) in [4.78, 5) is 33.0. The van der Waals surface area contributed by atoms with E-state index in [2.05, 4.69) is 22.2 Å². The lowest BCUT2D eigenvalue weighted by Gasteiger charge is -2.25. The first kappa shape index (κ1) is 15.9. The number of aryl methyl sites for hydroxylation is 1. The molecule has 1 aromatic carbocycles. The zero-order chi connectivity index (χ0) is 17.1. The zero-order valence-electron chi connectivity index (χ0n) is 13.3. The number of nitrogens with zero attached hydrogens (tertiary/aromatic N) is 3. The quantitative estimate of drug-likeness (QED) is 0.902. The number of carboxylic acid groups (broad SMARTS) is 1. The normalized spacial score (nSPS) is 13.3. The van der Waals surface area contributed by atoms with Gasteiger partial charge in [0.25, 0.3) is 5.91 Å². The van der Waals surface area contributed by atoms with Gasteiger partial charge in [-0.25, -0.2) is 14.8 Å². The largest absolute Gasteiger partial charge is 0.465 e. The fraction of sp³-hybridized carbons (Fsp3) is 0.294. The van der Waals surface area contributed by atoms with Crippen LogP contribution in [0.2, 0.25) is 0 Å². The van der Waals surface area contributed by atoms with Crippen molar-refractivity contribution in [2.45, 2.75) is 26.3 Å². The van der Waals surface area contributed by atoms with Gasteiger partial charge in [0.2, 0.25) is 5.95 Å². The predicted molar refractivity (Wildman–Crippen MR) is 87.9 cm³/mol. The molecule has 7 heteroatoms. The van der Waals surface area contributed by atoms with Crippen LogP contribution in [0.4, 0.5) is 10.7 Å². The summed E-state index contributed by atoms with van der Waals surface area (Å²) in [5, 5.41) is 11.7. The molecule has 7 nitrogen and oxygen atoms in total. The Morgan fingerprint density at radius 3 is 2.71 bits per heavy atom. The van der Waals surface area contributed by atoms with E-state index in [4.69, 9.17) is 5.11 Å². The summed E-state index contributed by atoms with van der Waals surface area (Å²) in [5.74, 6) is -0.0253. The summed E-state index contributed by atoms with van der Waals surface area (Å²) >= 11 is 0. The Hall–Kier alpha value is -2.96. The summed E-state index contributed by atoms with van der Waals surface area (Å²) in [7, 11) is 0. The molecule has 0 fully saturated rings. The number of nitrogens with one attached hydrogen (secondary N) is 1. The predicted octanol–water partition coefficient (Wildman–Crippen LogP) is 2.33. The summed E-state index contributed by atoms with van der Waals surface area (Å²) in [6.45, 7) is 2.73. The van der Waals surface area contributed by atoms with Crippen LogP contribution in [-0.4, -0.2) is 38.5 Å². The van der Waals surface area contributed by atoms with Gasteiger partial charge in [0.05, 0.1) is 12.2 Å². The van der Waals surface area contributed by atoms with Gasteiger partial charge in [-0.05, 0) is 24.1 Å². The average molecular weight is 326 g/mol. The van der Waals surface area contributed by atoms with Crippen molar-refractivity contribution in [1.82, 2.24) is 14.9 Å². The molecule has 1 aromatic heterocycles. The van der Waals surface area contributed by atoms with Crippen LogP contribution in [0.1, 0.15) is 34.1 Å². The van der Waals surface area contributed by atoms with Gasteiger partial charge in [-0.2, -0.15) is 0 Å². The number of fused-ring (bicyclic) bond motifs is 1. The molecular formula is C17H18N4O3. The molecule has 0 aliphatic carbocycles. The van der Waals surface area contributed by atoms with Crippen LogP contribution in [0.5, 0.6) is 0 Å². The fourth-order valence-corrected chi connectivity index (χ4v) is 2.61. The molecular weight excluding hydrogens is 308 g/mol. The highest BCUT2D eigenvalue weighted by atomic mass is 16.4. The van der Waals surface area contributed by atoms with Crippen molar-refractivity contribution in [3.05, 3.63) is 52.8 Å². The van der Waals surface area contributed by atoms with E-state index in [9.17, 15) is 9.59 Å². The molecule has 0 atom stereocenters. The maximum atomic E-state index is 12.2. The molecule has 1 aliphatic rings. The average Bonchev–Trinajstić information content (AvgIpc) is 2.61. The lowest BCUT2D eigenvalue weighted by Crippen LogP contribution is -2.35. The molecule has 0 spiro atoms. The minimum Gasteiger partial charge on any atom is -0.465 e. The van der Waals surface area contributed by atoms with Crippen molar-refractivity contribution >= 4 is 17.9 Å². The Balaban J connectivity index is 1.72. The van der Waals surface area contributed by atoms with E-state index >= 15 is 0 Å². The molecule has 2 N–H and O–H groups in total. The van der Waals surface area contributed by atoms with Crippen molar-refractivity contribution in [3.63, 3.8) is 0 Å². The van der Waals surface area contributed by atoms with Crippen LogP contribution in [0.15, 0.2) is 30.5 Å². The van der Waals surface area contributed by atoms with Crippen LogP contribution < -0.4 is 5.32 Å². The van der Waals surface area contributed by atoms with Gasteiger partial charge in [0, 0.05) is 30.3 Å². The number of carbonyl (C=O) groups is 2. The molecule has 0 radical (unpaired) electrons. The number of hydrogen-bond donors (Lipinski definition) is 2. The first-order chi connectivity index (χ1) is 11.6. The van der Waals surface area contributed by atoms with E-state index in [1.165, 1.54) is 10.5 Å². The fourth-order valence-electron chi connectivity index (χ4n) is 2.61. The molecule has 3 rings (SSSR count). The number of rotatable bonds is 3. The monoisotopic (exact) mass is 326 g/mol. The van der Waals surface area contributed by atoms with Gasteiger partial charge in [-0.3, -0.25) is 10.1 Å². The lowest BCUT2D eigenvalue weighted by atomic mass is 10.1. The van der Waals surface area contributed by atoms with Crippen LogP contribution in [-0.2, 0) is 19.4 Å². The summed E-state index contributed by atoms with van der Waals surface area (Å²) in [5.41, 5.74) is 3.26. The summed E-state index contributed by atoms with van der Waals surface area (Å²) < 4.78 is 0. The number of amides is 2. The number of benzene rings is 1. The number of aromatic nitrogens is 2. The van der Waals surface area contributed by atoms with Gasteiger partial charge in [-0.15, -0.1) is 0 Å². The zero-order valence-corrected chi connectivity index (χ0v) is 13.3. The van der Waals surface area contributed by atoms with Gasteiger partial charge in [0.15, 0.2) is 0 Å². The summed E-state index contributed by atoms with van der Waals surface area (Å²) in [6, 6.07) is 7.39. The summed E-state index contributed by atoms with van der Waals surface area (Å²) in [6.07, 6.45) is 2.06. The van der Waals surface area contributed by atoms with Gasteiger partial charge >= 0.3 is 6.09 Å². The van der Waals surface area contributed by atoms with Crippen LogP contribution in [0.3, 0.4) is 0 Å². The number of anilines is 1. The van der Waals surface area contributed by atoms with Crippen molar-refractivity contribution in [2.75, 3.05) is 11.9 Å². The Labute approximate surface area is 139 Å². The molecule has 0 saturated heterocycles. The second kappa shape index (κ2) is 6.66. The van der Waals surface area contributed by atoms with Crippen molar-refractivity contribution in [2.24, 2.45) is 0 Å². The van der Waals surface area contributed by atoms with E-state index < -0.39 is 6.09 Å². The van der Waals surface area contributed by atoms with E-state index in [0.717, 1.165) is 17.7 Å². The maximum absolute atomic E-state index is 12.2. The third kappa shape index (κ3) is 3.34. The Bertz CT molecular complexity index is 774. The topological polar surface area (TPSA) is 95.4 Å². The molecule has 1 aliphatic heterocycles. The lowest BCUT2D eigenvalue weighted by molar-refractivity contribution is 0.102. The number of hydrogen-bond acceptors (Lipinski definition) is 4. The third-order valence-corrected chi connectivity index (χ3v) is 4.05. The first-order valence-electron chi connectivity index (χ1n) is 7.79. The molecule has 0 bridgehead atoms. The standard InChI is InChI=1S/C17H18N4O3/c1-2-11-3-5-12(6-4-11)15(22)20-16-18-9-13-10-21(17(23)24)8-7-14(13)19-16/h3-6,9H,2,7-8,10H2,1H3,(H,23,24)(H,18,19,20,22). The molecule has 0 saturated carbocycles. The molecule has 124 valence electrons. The SMILES string of the molecule is CCc1ccc(C(=O)Nc2ncc3c(n2)CCN(C(=O)O)C3)cc1. The van der Waals surface area contributed by atoms with E-state index in [-0.39, 0.29) is 18.4 Å². The Kier molecular flexibility index (Phi) is 4.41. The highest BCUT2D eigenvalue weighted by molar-refractivity contribution is 6.03. The van der Waals surface area contributed by atoms with Crippen molar-refractivity contribution in [3.8, 4) is 0 Å². The highest BCUT2D eigenvalue weighted by Crippen LogP contribution is 2.18. The minimum absolute atomic E-state index is 0.238. The van der Waals surface area contributed by atoms with Crippen molar-refractivity contribution < 1.29 is 14.7 Å². The van der Waals surface area contributed by atoms with E-state index in [1.807, 2.05) is 12.1 Å². The van der Waals surface area contributed by atoms with Crippen LogP contribution in [0.25, 0.3) is 0 Å². The molecule has 2 amide bonds. The second-order valence-electron chi connectivity index (χ2n) is 5.62. The van der Waals surface area contributed by atoms with Gasteiger partial charge in [0.1, 0.15) is 0 Å².